The van der Waals surface area contributed by atoms with Gasteiger partial charge in [-0.05, 0) is 6.42 Å². The van der Waals surface area contributed by atoms with Crippen molar-refractivity contribution in [3.63, 3.8) is 0 Å². The van der Waals surface area contributed by atoms with E-state index in [0.717, 1.165) is 6.42 Å². The molecule has 0 heterocycles. The molecule has 1 atom stereocenters. The van der Waals surface area contributed by atoms with E-state index in [1.165, 1.54) is 0 Å². The lowest BCUT2D eigenvalue weighted by Crippen LogP contribution is -2.19. The highest BCUT2D eigenvalue weighted by Gasteiger charge is 2.02. The van der Waals surface area contributed by atoms with Crippen LogP contribution in [0.15, 0.2) is 0 Å². The zero-order chi connectivity index (χ0) is 9.28. The normalized spacial score (nSPS) is 10.4. The van der Waals surface area contributed by atoms with E-state index in [4.69, 9.17) is 15.3 Å². The molecule has 0 fully saturated rings. The molecule has 0 aliphatic heterocycles. The number of aldehydes is 2. The topological polar surface area (TPSA) is 77.2 Å². The first-order valence-corrected chi connectivity index (χ1v) is 3.28. The maximum Gasteiger partial charge on any atom is 0.220 e. The van der Waals surface area contributed by atoms with Crippen LogP contribution < -0.4 is 5.73 Å². The Morgan fingerprint density at radius 2 is 1.82 bits per heavy atom. The Kier molecular flexibility index (Phi) is 10.00. The van der Waals surface area contributed by atoms with Crippen LogP contribution in [0.4, 0.5) is 0 Å². The Bertz CT molecular complexity index is 128. The zero-order valence-electron chi connectivity index (χ0n) is 6.74. The van der Waals surface area contributed by atoms with Crippen LogP contribution in [-0.2, 0) is 14.4 Å². The molecule has 0 aliphatic carbocycles. The maximum absolute atomic E-state index is 10.2. The van der Waals surface area contributed by atoms with Gasteiger partial charge in [0, 0.05) is 5.92 Å². The number of primary amides is 1. The minimum absolute atomic E-state index is 0.0417. The third-order valence-electron chi connectivity index (χ3n) is 1.15. The summed E-state index contributed by atoms with van der Waals surface area (Å²) >= 11 is 0. The third kappa shape index (κ3) is 12.1. The molecule has 11 heavy (non-hydrogen) atoms. The van der Waals surface area contributed by atoms with Gasteiger partial charge in [0.2, 0.25) is 5.91 Å². The van der Waals surface area contributed by atoms with Gasteiger partial charge in [-0.25, -0.2) is 0 Å². The summed E-state index contributed by atoms with van der Waals surface area (Å²) in [6, 6.07) is 0. The smallest absolute Gasteiger partial charge is 0.220 e. The summed E-state index contributed by atoms with van der Waals surface area (Å²) in [5, 5.41) is 0. The first-order valence-electron chi connectivity index (χ1n) is 3.28. The molecule has 64 valence electrons. The van der Waals surface area contributed by atoms with Crippen LogP contribution in [0.2, 0.25) is 0 Å². The molecule has 0 saturated heterocycles. The molecule has 0 aromatic carbocycles. The number of carbonyl (C=O) groups is 3. The predicted octanol–water partition coefficient (Wildman–Crippen LogP) is -0.0980. The van der Waals surface area contributed by atoms with Crippen molar-refractivity contribution >= 4 is 18.5 Å². The van der Waals surface area contributed by atoms with Gasteiger partial charge in [0.05, 0.1) is 0 Å². The van der Waals surface area contributed by atoms with E-state index in [1.807, 2.05) is 13.8 Å². The van der Waals surface area contributed by atoms with Crippen molar-refractivity contribution in [1.29, 1.82) is 0 Å². The van der Waals surface area contributed by atoms with Gasteiger partial charge in [0.25, 0.3) is 0 Å². The molecular formula is C7H13NO3. The fourth-order valence-corrected chi connectivity index (χ4v) is 0.201. The largest absolute Gasteiger partial charge is 0.369 e. The monoisotopic (exact) mass is 159 g/mol. The van der Waals surface area contributed by atoms with Crippen molar-refractivity contribution in [2.45, 2.75) is 20.3 Å². The summed E-state index contributed by atoms with van der Waals surface area (Å²) in [6.45, 7) is 3.76. The Hall–Kier alpha value is -1.19. The first-order chi connectivity index (χ1) is 5.09. The van der Waals surface area contributed by atoms with E-state index in [0.29, 0.717) is 0 Å². The number of hydrogen-bond donors (Lipinski definition) is 1. The molecule has 2 N–H and O–H groups in total. The van der Waals surface area contributed by atoms with Gasteiger partial charge in [0.15, 0.2) is 12.6 Å². The molecule has 0 bridgehead atoms. The molecular weight excluding hydrogens is 146 g/mol. The molecule has 0 aromatic rings. The number of amides is 1. The fraction of sp³-hybridized carbons (Fsp3) is 0.571. The third-order valence-corrected chi connectivity index (χ3v) is 1.15. The molecule has 0 rings (SSSR count). The average molecular weight is 159 g/mol. The van der Waals surface area contributed by atoms with Crippen LogP contribution >= 0.6 is 0 Å². The molecule has 0 radical (unpaired) electrons. The molecule has 1 amide bonds. The lowest BCUT2D eigenvalue weighted by molar-refractivity contribution is -0.122. The van der Waals surface area contributed by atoms with Gasteiger partial charge in [-0.2, -0.15) is 0 Å². The summed E-state index contributed by atoms with van der Waals surface area (Å²) in [5.41, 5.74) is 4.91. The number of nitrogens with two attached hydrogens (primary N) is 1. The van der Waals surface area contributed by atoms with E-state index in [-0.39, 0.29) is 24.4 Å². The summed E-state index contributed by atoms with van der Waals surface area (Å²) < 4.78 is 0. The predicted molar refractivity (Wildman–Crippen MR) is 40.8 cm³/mol. The van der Waals surface area contributed by atoms with Crippen LogP contribution in [-0.4, -0.2) is 18.5 Å². The fourth-order valence-electron chi connectivity index (χ4n) is 0.201. The number of hydrogen-bond acceptors (Lipinski definition) is 3. The molecule has 0 aliphatic rings. The highest BCUT2D eigenvalue weighted by molar-refractivity contribution is 6.09. The second-order valence-electron chi connectivity index (χ2n) is 1.98. The van der Waals surface area contributed by atoms with Crippen molar-refractivity contribution < 1.29 is 14.4 Å². The standard InChI is InChI=1S/C5H11NO.C2H2O2/c1-3-4(2)5(6)7;3-1-2-4/h4H,3H2,1-2H3,(H2,6,7);1-2H. The first kappa shape index (κ1) is 12.5. The van der Waals surface area contributed by atoms with Crippen molar-refractivity contribution in [2.24, 2.45) is 11.7 Å². The van der Waals surface area contributed by atoms with Crippen molar-refractivity contribution in [1.82, 2.24) is 0 Å². The number of rotatable bonds is 3. The van der Waals surface area contributed by atoms with E-state index < -0.39 is 0 Å². The minimum Gasteiger partial charge on any atom is -0.369 e. The van der Waals surface area contributed by atoms with Gasteiger partial charge in [0.1, 0.15) is 0 Å². The summed E-state index contributed by atoms with van der Waals surface area (Å²) in [7, 11) is 0. The van der Waals surface area contributed by atoms with Gasteiger partial charge < -0.3 is 5.73 Å². The second-order valence-corrected chi connectivity index (χ2v) is 1.98. The molecule has 1 unspecified atom stereocenters. The van der Waals surface area contributed by atoms with E-state index in [2.05, 4.69) is 0 Å². The van der Waals surface area contributed by atoms with Crippen LogP contribution in [0.25, 0.3) is 0 Å². The maximum atomic E-state index is 10.2. The molecule has 0 saturated carbocycles. The lowest BCUT2D eigenvalue weighted by Gasteiger charge is -1.98. The van der Waals surface area contributed by atoms with Crippen LogP contribution in [0.3, 0.4) is 0 Å². The molecule has 4 nitrogen and oxygen atoms in total. The Balaban J connectivity index is 0. The minimum atomic E-state index is -0.206. The number of carbonyl (C=O) groups excluding carboxylic acids is 3. The summed E-state index contributed by atoms with van der Waals surface area (Å²) in [6.07, 6.45) is 1.23. The summed E-state index contributed by atoms with van der Waals surface area (Å²) in [4.78, 5) is 27.8. The molecule has 0 spiro atoms. The van der Waals surface area contributed by atoms with E-state index in [9.17, 15) is 4.79 Å². The van der Waals surface area contributed by atoms with Crippen LogP contribution in [0.5, 0.6) is 0 Å². The van der Waals surface area contributed by atoms with E-state index >= 15 is 0 Å². The molecule has 0 aromatic heterocycles. The SMILES string of the molecule is CCC(C)C(N)=O.O=CC=O. The van der Waals surface area contributed by atoms with Gasteiger partial charge in [-0.15, -0.1) is 0 Å². The lowest BCUT2D eigenvalue weighted by atomic mass is 10.1. The van der Waals surface area contributed by atoms with Crippen LogP contribution in [0, 0.1) is 5.92 Å². The zero-order valence-corrected chi connectivity index (χ0v) is 6.74. The Morgan fingerprint density at radius 1 is 1.45 bits per heavy atom. The van der Waals surface area contributed by atoms with Crippen LogP contribution in [0.1, 0.15) is 20.3 Å². The van der Waals surface area contributed by atoms with Gasteiger partial charge in [-0.3, -0.25) is 14.4 Å². The van der Waals surface area contributed by atoms with Gasteiger partial charge in [-0.1, -0.05) is 13.8 Å². The van der Waals surface area contributed by atoms with Crippen molar-refractivity contribution in [3.05, 3.63) is 0 Å². The second kappa shape index (κ2) is 8.81. The van der Waals surface area contributed by atoms with Crippen molar-refractivity contribution in [3.8, 4) is 0 Å². The average Bonchev–Trinajstić information content (AvgIpc) is 2.03. The van der Waals surface area contributed by atoms with Gasteiger partial charge >= 0.3 is 0 Å². The quantitative estimate of drug-likeness (QED) is 0.461. The summed E-state index contributed by atoms with van der Waals surface area (Å²) in [5.74, 6) is -0.164. The van der Waals surface area contributed by atoms with Crippen molar-refractivity contribution in [2.75, 3.05) is 0 Å². The Labute approximate surface area is 65.8 Å². The Morgan fingerprint density at radius 3 is 1.82 bits per heavy atom. The molecule has 4 heteroatoms. The highest BCUT2D eigenvalue weighted by atomic mass is 16.2. The van der Waals surface area contributed by atoms with E-state index in [1.54, 1.807) is 0 Å². The highest BCUT2D eigenvalue weighted by Crippen LogP contribution is 1.96.